The van der Waals surface area contributed by atoms with Crippen molar-refractivity contribution in [1.82, 2.24) is 0 Å². The average molecular weight is 439 g/mol. The third-order valence-electron chi connectivity index (χ3n) is 6.33. The summed E-state index contributed by atoms with van der Waals surface area (Å²) in [4.78, 5) is 0. The summed E-state index contributed by atoms with van der Waals surface area (Å²) in [6, 6.07) is 26.1. The summed E-state index contributed by atoms with van der Waals surface area (Å²) in [5.41, 5.74) is 7.35. The largest absolute Gasteiger partial charge is 0.497 e. The van der Waals surface area contributed by atoms with Crippen LogP contribution in [0.25, 0.3) is 6.08 Å². The van der Waals surface area contributed by atoms with Crippen LogP contribution in [0.15, 0.2) is 84.0 Å². The molecule has 0 aromatic heterocycles. The van der Waals surface area contributed by atoms with Gasteiger partial charge >= 0.3 is 0 Å². The van der Waals surface area contributed by atoms with E-state index in [0.29, 0.717) is 11.8 Å². The highest BCUT2D eigenvalue weighted by Gasteiger charge is 2.28. The number of hydrogen-bond acceptors (Lipinski definition) is 3. The summed E-state index contributed by atoms with van der Waals surface area (Å²) < 4.78 is 5.35. The van der Waals surface area contributed by atoms with Gasteiger partial charge in [-0.25, -0.2) is 0 Å². The number of rotatable bonds is 7. The maximum absolute atomic E-state index is 5.35. The monoisotopic (exact) mass is 438 g/mol. The number of benzene rings is 3. The Kier molecular flexibility index (Phi) is 6.98. The zero-order valence-corrected chi connectivity index (χ0v) is 20.3. The Morgan fingerprint density at radius 2 is 1.36 bits per heavy atom. The second kappa shape index (κ2) is 10.1. The topological polar surface area (TPSA) is 24.8 Å². The maximum atomic E-state index is 5.35. The number of nitrogens with zero attached hydrogens (tertiary/aromatic N) is 2. The molecule has 3 aromatic rings. The molecule has 1 aliphatic rings. The van der Waals surface area contributed by atoms with Crippen molar-refractivity contribution in [1.29, 1.82) is 0 Å². The molecule has 0 fully saturated rings. The highest BCUT2D eigenvalue weighted by atomic mass is 16.5. The average Bonchev–Trinajstić information content (AvgIpc) is 3.27. The first-order valence-electron chi connectivity index (χ1n) is 11.8. The quantitative estimate of drug-likeness (QED) is 0.374. The van der Waals surface area contributed by atoms with E-state index in [2.05, 4.69) is 106 Å². The van der Waals surface area contributed by atoms with Gasteiger partial charge in [0.05, 0.1) is 24.6 Å². The minimum atomic E-state index is 0.169. The molecule has 1 atom stereocenters. The lowest BCUT2D eigenvalue weighted by atomic mass is 9.96. The summed E-state index contributed by atoms with van der Waals surface area (Å²) in [6.07, 6.45) is 5.19. The Bertz CT molecular complexity index is 1110. The van der Waals surface area contributed by atoms with Crippen LogP contribution >= 0.6 is 0 Å². The molecule has 4 rings (SSSR count). The fraction of sp³-hybridized carbons (Fsp3) is 0.300. The molecule has 3 nitrogen and oxygen atoms in total. The third kappa shape index (κ3) is 5.36. The van der Waals surface area contributed by atoms with Crippen molar-refractivity contribution >= 4 is 17.5 Å². The van der Waals surface area contributed by atoms with E-state index in [1.165, 1.54) is 22.3 Å². The van der Waals surface area contributed by atoms with Crippen molar-refractivity contribution in [3.63, 3.8) is 0 Å². The molecule has 0 bridgehead atoms. The van der Waals surface area contributed by atoms with Crippen LogP contribution in [0.5, 0.6) is 5.75 Å². The maximum Gasteiger partial charge on any atom is 0.119 e. The van der Waals surface area contributed by atoms with Crippen molar-refractivity contribution in [2.75, 3.05) is 12.1 Å². The van der Waals surface area contributed by atoms with Crippen molar-refractivity contribution < 1.29 is 4.74 Å². The van der Waals surface area contributed by atoms with E-state index in [4.69, 9.17) is 9.84 Å². The Labute approximate surface area is 198 Å². The van der Waals surface area contributed by atoms with Gasteiger partial charge in [-0.15, -0.1) is 0 Å². The molecule has 3 heteroatoms. The summed E-state index contributed by atoms with van der Waals surface area (Å²) >= 11 is 0. The molecule has 1 aliphatic heterocycles. The highest BCUT2D eigenvalue weighted by Crippen LogP contribution is 2.36. The van der Waals surface area contributed by atoms with Gasteiger partial charge in [-0.1, -0.05) is 82.3 Å². The Balaban J connectivity index is 1.60. The summed E-state index contributed by atoms with van der Waals surface area (Å²) in [7, 11) is 1.69. The molecule has 1 unspecified atom stereocenters. The van der Waals surface area contributed by atoms with Gasteiger partial charge in [0.2, 0.25) is 0 Å². The number of hydrogen-bond donors (Lipinski definition) is 0. The minimum absolute atomic E-state index is 0.169. The molecule has 33 heavy (non-hydrogen) atoms. The van der Waals surface area contributed by atoms with Gasteiger partial charge in [0.15, 0.2) is 0 Å². The SMILES string of the molecule is COc1ccc(N2N=C(C=Cc3ccc(C(C)C)cc3)CC2c2ccc(C(C)C)cc2)cc1. The van der Waals surface area contributed by atoms with Crippen LogP contribution in [0.1, 0.15) is 74.2 Å². The standard InChI is InChI=1S/C30H34N2O/c1-21(2)24-9-6-23(7-10-24)8-15-27-20-30(26-13-11-25(12-14-26)22(3)4)32(31-27)28-16-18-29(33-5)19-17-28/h6-19,21-22,30H,20H2,1-5H3. The van der Waals surface area contributed by atoms with Crippen LogP contribution in [0.4, 0.5) is 5.69 Å². The molecule has 0 saturated heterocycles. The molecule has 0 aliphatic carbocycles. The van der Waals surface area contributed by atoms with Crippen LogP contribution in [-0.4, -0.2) is 12.8 Å². The highest BCUT2D eigenvalue weighted by molar-refractivity contribution is 6.01. The van der Waals surface area contributed by atoms with E-state index in [1.54, 1.807) is 7.11 Å². The fourth-order valence-corrected chi connectivity index (χ4v) is 4.15. The minimum Gasteiger partial charge on any atom is -0.497 e. The summed E-state index contributed by atoms with van der Waals surface area (Å²) in [5, 5.41) is 7.16. The van der Waals surface area contributed by atoms with Gasteiger partial charge in [-0.05, 0) is 64.4 Å². The Morgan fingerprint density at radius 3 is 1.91 bits per heavy atom. The van der Waals surface area contributed by atoms with Gasteiger partial charge in [0.1, 0.15) is 5.75 Å². The van der Waals surface area contributed by atoms with E-state index in [9.17, 15) is 0 Å². The first-order chi connectivity index (χ1) is 15.9. The van der Waals surface area contributed by atoms with E-state index < -0.39 is 0 Å². The molecule has 1 heterocycles. The van der Waals surface area contributed by atoms with Gasteiger partial charge in [-0.2, -0.15) is 5.10 Å². The second-order valence-electron chi connectivity index (χ2n) is 9.33. The lowest BCUT2D eigenvalue weighted by molar-refractivity contribution is 0.415. The van der Waals surface area contributed by atoms with Crippen LogP contribution in [0, 0.1) is 0 Å². The third-order valence-corrected chi connectivity index (χ3v) is 6.33. The molecule has 0 radical (unpaired) electrons. The summed E-state index contributed by atoms with van der Waals surface area (Å²) in [6.45, 7) is 8.90. The van der Waals surface area contributed by atoms with Gasteiger partial charge in [-0.3, -0.25) is 5.01 Å². The molecule has 0 amide bonds. The molecule has 170 valence electrons. The van der Waals surface area contributed by atoms with Crippen molar-refractivity contribution in [2.45, 2.75) is 52.0 Å². The fourth-order valence-electron chi connectivity index (χ4n) is 4.15. The van der Waals surface area contributed by atoms with Crippen molar-refractivity contribution in [3.8, 4) is 5.75 Å². The van der Waals surface area contributed by atoms with Crippen LogP contribution in [0.3, 0.4) is 0 Å². The zero-order chi connectivity index (χ0) is 23.4. The van der Waals surface area contributed by atoms with Crippen molar-refractivity contribution in [2.24, 2.45) is 5.10 Å². The second-order valence-corrected chi connectivity index (χ2v) is 9.33. The number of allylic oxidation sites excluding steroid dienone is 1. The first-order valence-corrected chi connectivity index (χ1v) is 11.8. The lowest BCUT2D eigenvalue weighted by Crippen LogP contribution is -2.18. The van der Waals surface area contributed by atoms with E-state index in [-0.39, 0.29) is 6.04 Å². The number of methoxy groups -OCH3 is 1. The lowest BCUT2D eigenvalue weighted by Gasteiger charge is -2.24. The van der Waals surface area contributed by atoms with Crippen LogP contribution in [-0.2, 0) is 0 Å². The molecule has 0 N–H and O–H groups in total. The number of hydrazone groups is 1. The predicted molar refractivity (Wildman–Crippen MR) is 140 cm³/mol. The van der Waals surface area contributed by atoms with Gasteiger partial charge in [0.25, 0.3) is 0 Å². The smallest absolute Gasteiger partial charge is 0.119 e. The van der Waals surface area contributed by atoms with Gasteiger partial charge in [0, 0.05) is 6.42 Å². The van der Waals surface area contributed by atoms with Crippen LogP contribution < -0.4 is 9.75 Å². The number of anilines is 1. The molecular weight excluding hydrogens is 404 g/mol. The van der Waals surface area contributed by atoms with Crippen molar-refractivity contribution in [3.05, 3.63) is 101 Å². The van der Waals surface area contributed by atoms with E-state index >= 15 is 0 Å². The van der Waals surface area contributed by atoms with Gasteiger partial charge < -0.3 is 4.74 Å². The Hall–Kier alpha value is -3.33. The summed E-state index contributed by atoms with van der Waals surface area (Å²) in [5.74, 6) is 1.92. The zero-order valence-electron chi connectivity index (χ0n) is 20.3. The van der Waals surface area contributed by atoms with E-state index in [1.807, 2.05) is 12.1 Å². The number of ether oxygens (including phenoxy) is 1. The van der Waals surface area contributed by atoms with Crippen LogP contribution in [0.2, 0.25) is 0 Å². The Morgan fingerprint density at radius 1 is 0.788 bits per heavy atom. The first kappa shape index (κ1) is 22.8. The molecule has 0 saturated carbocycles. The molecule has 3 aromatic carbocycles. The molecular formula is C30H34N2O. The van der Waals surface area contributed by atoms with E-state index in [0.717, 1.165) is 23.6 Å². The normalized spacial score (nSPS) is 16.2. The predicted octanol–water partition coefficient (Wildman–Crippen LogP) is 7.96. The molecule has 0 spiro atoms.